The van der Waals surface area contributed by atoms with Crippen LogP contribution in [0.1, 0.15) is 35.4 Å². The lowest BCUT2D eigenvalue weighted by Crippen LogP contribution is -2.39. The monoisotopic (exact) mass is 263 g/mol. The topological polar surface area (TPSA) is 37.3 Å². The molecule has 4 nitrogen and oxygen atoms in total. The number of nitrogens with one attached hydrogen (secondary N) is 1. The number of piperidine rings is 1. The van der Waals surface area contributed by atoms with Crippen molar-refractivity contribution in [3.8, 4) is 0 Å². The molecule has 19 heavy (non-hydrogen) atoms. The highest BCUT2D eigenvalue weighted by atomic mass is 16.2. The van der Waals surface area contributed by atoms with E-state index in [9.17, 15) is 4.79 Å². The molecule has 0 radical (unpaired) electrons. The summed E-state index contributed by atoms with van der Waals surface area (Å²) >= 11 is 0. The van der Waals surface area contributed by atoms with Crippen molar-refractivity contribution in [3.05, 3.63) is 23.5 Å². The number of carbonyl (C=O) groups excluding carboxylic acids is 1. The van der Waals surface area contributed by atoms with Crippen molar-refractivity contribution in [2.45, 2.75) is 26.2 Å². The first kappa shape index (κ1) is 14.1. The average Bonchev–Trinajstić information content (AvgIpc) is 2.76. The Kier molecular flexibility index (Phi) is 4.64. The quantitative estimate of drug-likeness (QED) is 0.899. The van der Waals surface area contributed by atoms with Gasteiger partial charge in [0.15, 0.2) is 0 Å². The van der Waals surface area contributed by atoms with E-state index >= 15 is 0 Å². The third-order valence-electron chi connectivity index (χ3n) is 4.30. The molecule has 1 fully saturated rings. The van der Waals surface area contributed by atoms with Crippen LogP contribution >= 0.6 is 0 Å². The standard InChI is InChI=1S/C15H25N3O/c1-12-4-5-14(17(12)3)15(19)18-10-7-13(8-11-18)6-9-16-2/h4-5,13,16H,6-11H2,1-3H3. The molecule has 0 aliphatic carbocycles. The summed E-state index contributed by atoms with van der Waals surface area (Å²) in [6.45, 7) is 4.91. The Hall–Kier alpha value is -1.29. The number of likely N-dealkylation sites (tertiary alicyclic amines) is 1. The Bertz CT molecular complexity index is 431. The van der Waals surface area contributed by atoms with Gasteiger partial charge >= 0.3 is 0 Å². The van der Waals surface area contributed by atoms with Gasteiger partial charge in [-0.15, -0.1) is 0 Å². The zero-order valence-electron chi connectivity index (χ0n) is 12.3. The summed E-state index contributed by atoms with van der Waals surface area (Å²) in [5, 5.41) is 3.20. The number of carbonyl (C=O) groups is 1. The van der Waals surface area contributed by atoms with E-state index in [0.29, 0.717) is 0 Å². The van der Waals surface area contributed by atoms with E-state index < -0.39 is 0 Å². The third-order valence-corrected chi connectivity index (χ3v) is 4.30. The van der Waals surface area contributed by atoms with Crippen molar-refractivity contribution in [2.75, 3.05) is 26.7 Å². The normalized spacial score (nSPS) is 16.9. The molecule has 1 N–H and O–H groups in total. The van der Waals surface area contributed by atoms with Crippen LogP contribution in [0.25, 0.3) is 0 Å². The Morgan fingerprint density at radius 1 is 1.37 bits per heavy atom. The second-order valence-electron chi connectivity index (χ2n) is 5.55. The van der Waals surface area contributed by atoms with Crippen LogP contribution in [0, 0.1) is 12.8 Å². The molecule has 106 valence electrons. The summed E-state index contributed by atoms with van der Waals surface area (Å²) in [4.78, 5) is 14.5. The minimum Gasteiger partial charge on any atom is -0.344 e. The molecule has 1 aliphatic rings. The smallest absolute Gasteiger partial charge is 0.270 e. The number of rotatable bonds is 4. The van der Waals surface area contributed by atoms with Crippen molar-refractivity contribution in [1.29, 1.82) is 0 Å². The van der Waals surface area contributed by atoms with Gasteiger partial charge in [0, 0.05) is 25.8 Å². The van der Waals surface area contributed by atoms with E-state index in [1.165, 1.54) is 6.42 Å². The summed E-state index contributed by atoms with van der Waals surface area (Å²) in [5.41, 5.74) is 1.94. The van der Waals surface area contributed by atoms with E-state index in [2.05, 4.69) is 5.32 Å². The van der Waals surface area contributed by atoms with Gasteiger partial charge < -0.3 is 14.8 Å². The molecule has 0 aromatic carbocycles. The van der Waals surface area contributed by atoms with E-state index in [1.54, 1.807) is 0 Å². The summed E-state index contributed by atoms with van der Waals surface area (Å²) in [7, 11) is 3.96. The molecule has 1 aromatic heterocycles. The predicted octanol–water partition coefficient (Wildman–Crippen LogP) is 1.80. The highest BCUT2D eigenvalue weighted by molar-refractivity contribution is 5.93. The fraction of sp³-hybridized carbons (Fsp3) is 0.667. The number of hydrogen-bond acceptors (Lipinski definition) is 2. The molecular weight excluding hydrogens is 238 g/mol. The Balaban J connectivity index is 1.91. The molecule has 0 bridgehead atoms. The van der Waals surface area contributed by atoms with Crippen LogP contribution in [0.15, 0.2) is 12.1 Å². The maximum atomic E-state index is 12.4. The second kappa shape index (κ2) is 6.24. The number of amides is 1. The highest BCUT2D eigenvalue weighted by Crippen LogP contribution is 2.21. The maximum absolute atomic E-state index is 12.4. The predicted molar refractivity (Wildman–Crippen MR) is 77.3 cm³/mol. The molecular formula is C15H25N3O. The molecule has 2 heterocycles. The van der Waals surface area contributed by atoms with Crippen LogP contribution in [0.3, 0.4) is 0 Å². The first-order valence-electron chi connectivity index (χ1n) is 7.19. The van der Waals surface area contributed by atoms with E-state index in [-0.39, 0.29) is 5.91 Å². The Morgan fingerprint density at radius 3 is 2.58 bits per heavy atom. The molecule has 2 rings (SSSR count). The minimum atomic E-state index is 0.183. The zero-order valence-corrected chi connectivity index (χ0v) is 12.3. The van der Waals surface area contributed by atoms with Gasteiger partial charge in [-0.05, 0) is 57.8 Å². The van der Waals surface area contributed by atoms with Crippen molar-refractivity contribution in [1.82, 2.24) is 14.8 Å². The van der Waals surface area contributed by atoms with Gasteiger partial charge in [-0.2, -0.15) is 0 Å². The van der Waals surface area contributed by atoms with Gasteiger partial charge in [0.2, 0.25) is 0 Å². The van der Waals surface area contributed by atoms with E-state index in [1.807, 2.05) is 42.6 Å². The van der Waals surface area contributed by atoms with E-state index in [0.717, 1.165) is 49.8 Å². The average molecular weight is 263 g/mol. The Labute approximate surface area is 115 Å². The minimum absolute atomic E-state index is 0.183. The summed E-state index contributed by atoms with van der Waals surface area (Å²) < 4.78 is 1.98. The second-order valence-corrected chi connectivity index (χ2v) is 5.55. The summed E-state index contributed by atoms with van der Waals surface area (Å²) in [6.07, 6.45) is 3.50. The lowest BCUT2D eigenvalue weighted by Gasteiger charge is -2.32. The highest BCUT2D eigenvalue weighted by Gasteiger charge is 2.24. The van der Waals surface area contributed by atoms with Crippen LogP contribution < -0.4 is 5.32 Å². The molecule has 1 amide bonds. The summed E-state index contributed by atoms with van der Waals surface area (Å²) in [6, 6.07) is 3.94. The van der Waals surface area contributed by atoms with E-state index in [4.69, 9.17) is 0 Å². The van der Waals surface area contributed by atoms with Gasteiger partial charge in [0.1, 0.15) is 5.69 Å². The van der Waals surface area contributed by atoms with Crippen LogP contribution in [-0.4, -0.2) is 42.1 Å². The SMILES string of the molecule is CNCCC1CCN(C(=O)c2ccc(C)n2C)CC1. The molecule has 1 saturated heterocycles. The van der Waals surface area contributed by atoms with Crippen molar-refractivity contribution in [3.63, 3.8) is 0 Å². The number of aryl methyl sites for hydroxylation is 1. The van der Waals surface area contributed by atoms with Crippen molar-refractivity contribution in [2.24, 2.45) is 13.0 Å². The molecule has 0 saturated carbocycles. The first-order chi connectivity index (χ1) is 9.13. The summed E-state index contributed by atoms with van der Waals surface area (Å²) in [5.74, 6) is 0.953. The van der Waals surface area contributed by atoms with Gasteiger partial charge in [0.05, 0.1) is 0 Å². The lowest BCUT2D eigenvalue weighted by molar-refractivity contribution is 0.0677. The maximum Gasteiger partial charge on any atom is 0.270 e. The fourth-order valence-corrected chi connectivity index (χ4v) is 2.76. The zero-order chi connectivity index (χ0) is 13.8. The third kappa shape index (κ3) is 3.18. The fourth-order valence-electron chi connectivity index (χ4n) is 2.76. The van der Waals surface area contributed by atoms with Crippen LogP contribution in [0.4, 0.5) is 0 Å². The largest absolute Gasteiger partial charge is 0.344 e. The van der Waals surface area contributed by atoms with Gasteiger partial charge in [0.25, 0.3) is 5.91 Å². The van der Waals surface area contributed by atoms with Gasteiger partial charge in [-0.1, -0.05) is 0 Å². The molecule has 0 atom stereocenters. The van der Waals surface area contributed by atoms with Crippen LogP contribution in [0.5, 0.6) is 0 Å². The number of aromatic nitrogens is 1. The Morgan fingerprint density at radius 2 is 2.05 bits per heavy atom. The van der Waals surface area contributed by atoms with Crippen LogP contribution in [0.2, 0.25) is 0 Å². The van der Waals surface area contributed by atoms with Gasteiger partial charge in [-0.25, -0.2) is 0 Å². The first-order valence-corrected chi connectivity index (χ1v) is 7.19. The number of hydrogen-bond donors (Lipinski definition) is 1. The van der Waals surface area contributed by atoms with Crippen molar-refractivity contribution < 1.29 is 4.79 Å². The number of nitrogens with zero attached hydrogens (tertiary/aromatic N) is 2. The lowest BCUT2D eigenvalue weighted by atomic mass is 9.93. The molecule has 0 unspecified atom stereocenters. The molecule has 1 aliphatic heterocycles. The van der Waals surface area contributed by atoms with Crippen molar-refractivity contribution >= 4 is 5.91 Å². The van der Waals surface area contributed by atoms with Crippen LogP contribution in [-0.2, 0) is 7.05 Å². The molecule has 0 spiro atoms. The van der Waals surface area contributed by atoms with Gasteiger partial charge in [-0.3, -0.25) is 4.79 Å². The molecule has 4 heteroatoms. The molecule has 1 aromatic rings.